The minimum Gasteiger partial charge on any atom is -0.381 e. The Labute approximate surface area is 249 Å². The van der Waals surface area contributed by atoms with Crippen molar-refractivity contribution in [2.45, 2.75) is 64.7 Å². The molecular weight excluding hydrogens is 553 g/mol. The first kappa shape index (κ1) is 29.2. The molecule has 1 atom stereocenters. The number of hydrogen-bond acceptors (Lipinski definition) is 8. The van der Waals surface area contributed by atoms with Gasteiger partial charge in [0.2, 0.25) is 5.91 Å². The van der Waals surface area contributed by atoms with E-state index in [0.717, 1.165) is 50.2 Å². The number of pyridine rings is 1. The van der Waals surface area contributed by atoms with E-state index < -0.39 is 17.8 Å². The lowest BCUT2D eigenvalue weighted by molar-refractivity contribution is -0.125. The van der Waals surface area contributed by atoms with Gasteiger partial charge < -0.3 is 25.1 Å². The molecule has 0 bridgehead atoms. The van der Waals surface area contributed by atoms with Gasteiger partial charge in [-0.3, -0.25) is 19.6 Å². The molecule has 11 nitrogen and oxygen atoms in total. The standard InChI is InChI=1S/C31H38FN7O4/c1-18(2)34-28-27-26(36-37-28)19(14-38-16-31(17-38)8-11-43-12-9-31)13-23(35-27)21-7-6-20-22(25(21)32)15-39(30(20)42)24(5-4-10-40)29(41)33-3/h6-7,10,13,18,24H,4-5,8-9,11-12,14-17H2,1-3H3,(H,33,41)(H2,34,36,37). The third kappa shape index (κ3) is 5.38. The molecule has 0 radical (unpaired) electrons. The third-order valence-electron chi connectivity index (χ3n) is 8.92. The molecule has 2 aromatic heterocycles. The maximum atomic E-state index is 16.3. The quantitative estimate of drug-likeness (QED) is 0.306. The zero-order valence-electron chi connectivity index (χ0n) is 24.8. The summed E-state index contributed by atoms with van der Waals surface area (Å²) in [6, 6.07) is 4.35. The Balaban J connectivity index is 1.35. The average molecular weight is 592 g/mol. The number of benzene rings is 1. The fourth-order valence-corrected chi connectivity index (χ4v) is 6.71. The van der Waals surface area contributed by atoms with Crippen LogP contribution in [0.15, 0.2) is 18.2 Å². The Bertz CT molecular complexity index is 1560. The number of H-pyrrole nitrogens is 1. The van der Waals surface area contributed by atoms with Crippen LogP contribution >= 0.6 is 0 Å². The van der Waals surface area contributed by atoms with E-state index in [1.54, 1.807) is 12.1 Å². The second-order valence-corrected chi connectivity index (χ2v) is 12.3. The predicted molar refractivity (Wildman–Crippen MR) is 159 cm³/mol. The van der Waals surface area contributed by atoms with Gasteiger partial charge in [0.1, 0.15) is 23.7 Å². The summed E-state index contributed by atoms with van der Waals surface area (Å²) < 4.78 is 21.9. The lowest BCUT2D eigenvalue weighted by atomic mass is 9.73. The minimum atomic E-state index is -0.870. The van der Waals surface area contributed by atoms with E-state index in [-0.39, 0.29) is 48.0 Å². The van der Waals surface area contributed by atoms with E-state index in [1.807, 2.05) is 19.9 Å². The average Bonchev–Trinajstić information content (AvgIpc) is 3.54. The van der Waals surface area contributed by atoms with Gasteiger partial charge in [0, 0.05) is 74.5 Å². The number of aldehydes is 1. The lowest BCUT2D eigenvalue weighted by Gasteiger charge is -2.52. The fraction of sp³-hybridized carbons (Fsp3) is 0.516. The zero-order chi connectivity index (χ0) is 30.3. The van der Waals surface area contributed by atoms with Crippen LogP contribution in [0.25, 0.3) is 22.3 Å². The third-order valence-corrected chi connectivity index (χ3v) is 8.92. The molecule has 3 aliphatic heterocycles. The van der Waals surface area contributed by atoms with Crippen molar-refractivity contribution in [2.75, 3.05) is 38.7 Å². The Hall–Kier alpha value is -3.90. The normalized spacial score (nSPS) is 18.6. The molecule has 3 aliphatic rings. The van der Waals surface area contributed by atoms with Gasteiger partial charge in [0.25, 0.3) is 5.91 Å². The molecule has 1 spiro atoms. The molecule has 2 saturated heterocycles. The number of rotatable bonds is 10. The number of fused-ring (bicyclic) bond motifs is 2. The van der Waals surface area contributed by atoms with Crippen LogP contribution in [0.2, 0.25) is 0 Å². The number of ether oxygens (including phenoxy) is 1. The van der Waals surface area contributed by atoms with E-state index in [0.29, 0.717) is 35.3 Å². The number of hydrogen-bond donors (Lipinski definition) is 3. The van der Waals surface area contributed by atoms with Crippen LogP contribution in [0.4, 0.5) is 10.2 Å². The smallest absolute Gasteiger partial charge is 0.255 e. The number of likely N-dealkylation sites (N-methyl/N-ethyl adjacent to an activating group) is 1. The lowest BCUT2D eigenvalue weighted by Crippen LogP contribution is -2.57. The van der Waals surface area contributed by atoms with E-state index in [2.05, 4.69) is 25.7 Å². The molecule has 1 aromatic carbocycles. The molecular formula is C31H38FN7O4. The highest BCUT2D eigenvalue weighted by Gasteiger charge is 2.44. The van der Waals surface area contributed by atoms with Gasteiger partial charge in [-0.05, 0) is 56.9 Å². The maximum Gasteiger partial charge on any atom is 0.255 e. The molecule has 0 aliphatic carbocycles. The Morgan fingerprint density at radius 1 is 1.23 bits per heavy atom. The number of carbonyl (C=O) groups excluding carboxylic acids is 3. The first-order valence-corrected chi connectivity index (χ1v) is 15.0. The first-order valence-electron chi connectivity index (χ1n) is 15.0. The topological polar surface area (TPSA) is 133 Å². The molecule has 3 N–H and O–H groups in total. The van der Waals surface area contributed by atoms with Crippen molar-refractivity contribution in [3.63, 3.8) is 0 Å². The highest BCUT2D eigenvalue weighted by Crippen LogP contribution is 2.41. The summed E-state index contributed by atoms with van der Waals surface area (Å²) in [7, 11) is 1.48. The van der Waals surface area contributed by atoms with Gasteiger partial charge >= 0.3 is 0 Å². The fourth-order valence-electron chi connectivity index (χ4n) is 6.71. The van der Waals surface area contributed by atoms with E-state index in [4.69, 9.17) is 9.72 Å². The molecule has 2 amide bonds. The van der Waals surface area contributed by atoms with Crippen LogP contribution in [0.5, 0.6) is 0 Å². The highest BCUT2D eigenvalue weighted by atomic mass is 19.1. The van der Waals surface area contributed by atoms with Crippen molar-refractivity contribution in [1.29, 1.82) is 0 Å². The number of aromatic amines is 1. The molecule has 6 rings (SSSR count). The Morgan fingerprint density at radius 2 is 1.98 bits per heavy atom. The molecule has 5 heterocycles. The summed E-state index contributed by atoms with van der Waals surface area (Å²) in [6.07, 6.45) is 3.12. The van der Waals surface area contributed by atoms with Crippen LogP contribution in [-0.2, 0) is 27.4 Å². The summed E-state index contributed by atoms with van der Waals surface area (Å²) in [5.41, 5.74) is 3.90. The van der Waals surface area contributed by atoms with Crippen LogP contribution in [0, 0.1) is 11.2 Å². The van der Waals surface area contributed by atoms with Crippen molar-refractivity contribution in [3.05, 3.63) is 40.7 Å². The zero-order valence-corrected chi connectivity index (χ0v) is 24.8. The van der Waals surface area contributed by atoms with E-state index in [1.165, 1.54) is 11.9 Å². The Kier molecular flexibility index (Phi) is 7.91. The van der Waals surface area contributed by atoms with E-state index in [9.17, 15) is 14.4 Å². The van der Waals surface area contributed by atoms with Gasteiger partial charge in [-0.1, -0.05) is 0 Å². The van der Waals surface area contributed by atoms with Gasteiger partial charge in [0.05, 0.1) is 17.8 Å². The largest absolute Gasteiger partial charge is 0.381 e. The second-order valence-electron chi connectivity index (χ2n) is 12.3. The number of amides is 2. The first-order chi connectivity index (χ1) is 20.7. The van der Waals surface area contributed by atoms with Crippen molar-refractivity contribution in [1.82, 2.24) is 30.3 Å². The SMILES string of the molecule is CNC(=O)C(CCC=O)N1Cc2c(ccc(-c3cc(CN4CC5(CCOCC5)C4)c4[nH]nc(NC(C)C)c4n3)c2F)C1=O. The number of likely N-dealkylation sites (tertiary alicyclic amines) is 1. The predicted octanol–water partition coefficient (Wildman–Crippen LogP) is 3.25. The molecule has 43 heavy (non-hydrogen) atoms. The van der Waals surface area contributed by atoms with Gasteiger partial charge in [-0.15, -0.1) is 0 Å². The number of aromatic nitrogens is 3. The van der Waals surface area contributed by atoms with Gasteiger partial charge in [-0.25, -0.2) is 9.37 Å². The summed E-state index contributed by atoms with van der Waals surface area (Å²) in [6.45, 7) is 8.23. The molecule has 1 unspecified atom stereocenters. The molecule has 3 aromatic rings. The number of nitrogens with one attached hydrogen (secondary N) is 3. The monoisotopic (exact) mass is 591 g/mol. The minimum absolute atomic E-state index is 0.0642. The molecule has 2 fully saturated rings. The number of nitrogens with zero attached hydrogens (tertiary/aromatic N) is 4. The van der Waals surface area contributed by atoms with Crippen molar-refractivity contribution < 1.29 is 23.5 Å². The van der Waals surface area contributed by atoms with Crippen molar-refractivity contribution >= 4 is 35.0 Å². The molecule has 12 heteroatoms. The second kappa shape index (κ2) is 11.6. The van der Waals surface area contributed by atoms with Crippen molar-refractivity contribution in [3.8, 4) is 11.3 Å². The summed E-state index contributed by atoms with van der Waals surface area (Å²) in [5, 5.41) is 13.5. The van der Waals surface area contributed by atoms with Gasteiger partial charge in [-0.2, -0.15) is 5.10 Å². The number of anilines is 1. The summed E-state index contributed by atoms with van der Waals surface area (Å²) >= 11 is 0. The van der Waals surface area contributed by atoms with Gasteiger partial charge in [0.15, 0.2) is 5.82 Å². The van der Waals surface area contributed by atoms with Crippen molar-refractivity contribution in [2.24, 2.45) is 5.41 Å². The number of halogens is 1. The maximum absolute atomic E-state index is 16.3. The molecule has 228 valence electrons. The molecule has 0 saturated carbocycles. The number of carbonyl (C=O) groups is 3. The highest BCUT2D eigenvalue weighted by molar-refractivity contribution is 6.02. The Morgan fingerprint density at radius 3 is 2.67 bits per heavy atom. The summed E-state index contributed by atoms with van der Waals surface area (Å²) in [4.78, 5) is 45.5. The summed E-state index contributed by atoms with van der Waals surface area (Å²) in [5.74, 6) is -0.755. The van der Waals surface area contributed by atoms with Crippen LogP contribution in [0.1, 0.15) is 61.0 Å². The van der Waals surface area contributed by atoms with E-state index >= 15 is 4.39 Å². The van der Waals surface area contributed by atoms with Crippen LogP contribution < -0.4 is 10.6 Å². The van der Waals surface area contributed by atoms with Crippen LogP contribution in [-0.4, -0.2) is 88.5 Å². The van der Waals surface area contributed by atoms with Crippen LogP contribution in [0.3, 0.4) is 0 Å².